The fourth-order valence-corrected chi connectivity index (χ4v) is 4.37. The first kappa shape index (κ1) is 23.9. The van der Waals surface area contributed by atoms with Gasteiger partial charge in [-0.2, -0.15) is 0 Å². The number of unbranched alkanes of at least 4 members (excludes halogenated alkanes) is 1. The lowest BCUT2D eigenvalue weighted by Crippen LogP contribution is -2.49. The van der Waals surface area contributed by atoms with E-state index in [9.17, 15) is 14.7 Å². The molecule has 2 heterocycles. The van der Waals surface area contributed by atoms with Crippen LogP contribution in [0.3, 0.4) is 0 Å². The topological polar surface area (TPSA) is 88.1 Å². The number of quaternary nitrogens is 1. The number of halogens is 1. The summed E-state index contributed by atoms with van der Waals surface area (Å²) in [6, 6.07) is 18.9. The van der Waals surface area contributed by atoms with Crippen LogP contribution in [0.25, 0.3) is 0 Å². The molecule has 32 heavy (non-hydrogen) atoms. The molecule has 0 aliphatic carbocycles. The Kier molecular flexibility index (Phi) is 8.39. The van der Waals surface area contributed by atoms with Gasteiger partial charge in [-0.05, 0) is 53.5 Å². The van der Waals surface area contributed by atoms with Gasteiger partial charge in [0.25, 0.3) is 0 Å². The second kappa shape index (κ2) is 11.2. The first-order valence-electron chi connectivity index (χ1n) is 10.4. The third kappa shape index (κ3) is 5.18. The van der Waals surface area contributed by atoms with E-state index in [-0.39, 0.29) is 5.57 Å². The highest BCUT2D eigenvalue weighted by molar-refractivity contribution is 9.10. The van der Waals surface area contributed by atoms with Gasteiger partial charge in [0, 0.05) is 15.7 Å². The van der Waals surface area contributed by atoms with Crippen LogP contribution in [0.5, 0.6) is 0 Å². The third-order valence-corrected chi connectivity index (χ3v) is 6.40. The van der Waals surface area contributed by atoms with E-state index < -0.39 is 23.5 Å². The molecule has 0 bridgehead atoms. The summed E-state index contributed by atoms with van der Waals surface area (Å²) in [6.45, 7) is 3.27. The fraction of sp³-hybridized carbons (Fsp3) is 0.200. The van der Waals surface area contributed by atoms with E-state index in [1.165, 1.54) is 29.1 Å². The molecular weight excluding hydrogens is 488 g/mol. The summed E-state index contributed by atoms with van der Waals surface area (Å²) < 4.78 is 0.874. The number of rotatable bonds is 6. The van der Waals surface area contributed by atoms with Gasteiger partial charge in [0.15, 0.2) is 0 Å². The highest BCUT2D eigenvalue weighted by Gasteiger charge is 2.40. The molecule has 166 valence electrons. The predicted octanol–water partition coefficient (Wildman–Crippen LogP) is 4.12. The minimum atomic E-state index is -0.755. The van der Waals surface area contributed by atoms with Crippen LogP contribution in [0.2, 0.25) is 0 Å². The van der Waals surface area contributed by atoms with Gasteiger partial charge in [0.2, 0.25) is 11.7 Å². The molecule has 7 heteroatoms. The number of para-hydroxylation sites is 1. The smallest absolute Gasteiger partial charge is 0.244 e. The van der Waals surface area contributed by atoms with Gasteiger partial charge in [-0.3, -0.25) is 14.5 Å². The average molecular weight is 513 g/mol. The van der Waals surface area contributed by atoms with Crippen molar-refractivity contribution in [1.82, 2.24) is 0 Å². The van der Waals surface area contributed by atoms with E-state index in [0.717, 1.165) is 11.0 Å². The SMILES string of the molecule is CCCC[NH3+].O=C(C1=C([O-])C(=O)N(c2ccccc2)C1c1ccc(Br)cc1)c1cccs1. The molecule has 2 aromatic carbocycles. The summed E-state index contributed by atoms with van der Waals surface area (Å²) in [5.74, 6) is -1.83. The zero-order valence-corrected chi connectivity index (χ0v) is 20.2. The van der Waals surface area contributed by atoms with Crippen LogP contribution in [0.15, 0.2) is 87.9 Å². The Bertz CT molecular complexity index is 1080. The number of carbonyl (C=O) groups excluding carboxylic acids is 2. The summed E-state index contributed by atoms with van der Waals surface area (Å²) in [5.41, 5.74) is 4.96. The number of Topliss-reactive ketones (excluding diaryl/α,β-unsaturated/α-hetero) is 1. The zero-order chi connectivity index (χ0) is 23.1. The average Bonchev–Trinajstić information content (AvgIpc) is 3.43. The molecule has 3 aromatic rings. The lowest BCUT2D eigenvalue weighted by Gasteiger charge is -2.27. The second-order valence-corrected chi connectivity index (χ2v) is 9.08. The Morgan fingerprint density at radius 2 is 1.78 bits per heavy atom. The quantitative estimate of drug-likeness (QED) is 0.503. The molecule has 0 saturated carbocycles. The zero-order valence-electron chi connectivity index (χ0n) is 17.8. The molecule has 1 aliphatic rings. The molecule has 1 amide bonds. The fourth-order valence-electron chi connectivity index (χ4n) is 3.43. The van der Waals surface area contributed by atoms with Crippen molar-refractivity contribution in [2.24, 2.45) is 0 Å². The Morgan fingerprint density at radius 3 is 2.31 bits per heavy atom. The molecule has 1 atom stereocenters. The highest BCUT2D eigenvalue weighted by Crippen LogP contribution is 2.41. The molecule has 1 unspecified atom stereocenters. The number of amides is 1. The van der Waals surface area contributed by atoms with E-state index in [1.807, 2.05) is 30.3 Å². The van der Waals surface area contributed by atoms with E-state index in [0.29, 0.717) is 16.1 Å². The van der Waals surface area contributed by atoms with Crippen LogP contribution in [0, 0.1) is 0 Å². The maximum Gasteiger partial charge on any atom is 0.244 e. The van der Waals surface area contributed by atoms with Gasteiger partial charge in [-0.1, -0.05) is 65.7 Å². The van der Waals surface area contributed by atoms with Gasteiger partial charge in [0.1, 0.15) is 0 Å². The van der Waals surface area contributed by atoms with Crippen molar-refractivity contribution in [3.05, 3.63) is 98.4 Å². The normalized spacial score (nSPS) is 15.5. The van der Waals surface area contributed by atoms with Crippen LogP contribution in [0.1, 0.15) is 41.0 Å². The van der Waals surface area contributed by atoms with Crippen LogP contribution in [-0.4, -0.2) is 18.2 Å². The highest BCUT2D eigenvalue weighted by atomic mass is 79.9. The Morgan fingerprint density at radius 1 is 1.09 bits per heavy atom. The molecule has 1 aromatic heterocycles. The van der Waals surface area contributed by atoms with Gasteiger partial charge >= 0.3 is 0 Å². The molecular formula is C25H25BrN2O3S. The number of hydrogen-bond acceptors (Lipinski definition) is 4. The minimum absolute atomic E-state index is 0.00590. The monoisotopic (exact) mass is 512 g/mol. The maximum absolute atomic E-state index is 13.1. The predicted molar refractivity (Wildman–Crippen MR) is 129 cm³/mol. The van der Waals surface area contributed by atoms with Crippen molar-refractivity contribution in [3.8, 4) is 0 Å². The number of hydrogen-bond donors (Lipinski definition) is 1. The number of thiophene rings is 1. The van der Waals surface area contributed by atoms with Gasteiger partial charge in [-0.15, -0.1) is 11.3 Å². The number of carbonyl (C=O) groups is 2. The Balaban J connectivity index is 0.000000523. The summed E-state index contributed by atoms with van der Waals surface area (Å²) in [4.78, 5) is 27.8. The Hall–Kier alpha value is -2.74. The third-order valence-electron chi connectivity index (χ3n) is 5.00. The minimum Gasteiger partial charge on any atom is -0.868 e. The summed E-state index contributed by atoms with van der Waals surface area (Å²) in [5, 5.41) is 14.6. The first-order valence-corrected chi connectivity index (χ1v) is 12.1. The van der Waals surface area contributed by atoms with Crippen LogP contribution in [0.4, 0.5) is 5.69 Å². The lowest BCUT2D eigenvalue weighted by atomic mass is 9.95. The molecule has 0 radical (unpaired) electrons. The molecule has 5 nitrogen and oxygen atoms in total. The molecule has 4 rings (SSSR count). The van der Waals surface area contributed by atoms with Crippen molar-refractivity contribution in [1.29, 1.82) is 0 Å². The molecule has 0 fully saturated rings. The standard InChI is InChI=1S/C21H14BrNO3S.C4H11N/c22-14-10-8-13(9-11-14)18-17(19(24)16-7-4-12-27-16)20(25)21(26)23(18)15-5-2-1-3-6-15;1-2-3-4-5/h1-12,18,25H;2-5H2,1H3. The Labute approximate surface area is 200 Å². The van der Waals surface area contributed by atoms with Crippen molar-refractivity contribution < 1.29 is 20.4 Å². The molecule has 0 spiro atoms. The summed E-state index contributed by atoms with van der Waals surface area (Å²) in [6.07, 6.45) is 2.56. The van der Waals surface area contributed by atoms with Gasteiger partial charge in [0.05, 0.1) is 17.5 Å². The number of anilines is 1. The first-order chi connectivity index (χ1) is 15.5. The number of ketones is 1. The van der Waals surface area contributed by atoms with Gasteiger partial charge in [-0.25, -0.2) is 0 Å². The maximum atomic E-state index is 13.1. The van der Waals surface area contributed by atoms with Crippen molar-refractivity contribution in [2.45, 2.75) is 25.8 Å². The lowest BCUT2D eigenvalue weighted by molar-refractivity contribution is -0.368. The summed E-state index contributed by atoms with van der Waals surface area (Å²) >= 11 is 4.65. The second-order valence-electron chi connectivity index (χ2n) is 7.22. The van der Waals surface area contributed by atoms with Crippen molar-refractivity contribution in [2.75, 3.05) is 11.4 Å². The molecule has 3 N–H and O–H groups in total. The number of benzene rings is 2. The van der Waals surface area contributed by atoms with Crippen LogP contribution >= 0.6 is 27.3 Å². The number of nitrogens with zero attached hydrogens (tertiary/aromatic N) is 1. The summed E-state index contributed by atoms with van der Waals surface area (Å²) in [7, 11) is 0. The largest absolute Gasteiger partial charge is 0.868 e. The van der Waals surface area contributed by atoms with Crippen LogP contribution in [-0.2, 0) is 4.79 Å². The van der Waals surface area contributed by atoms with Gasteiger partial charge < -0.3 is 10.8 Å². The molecule has 1 aliphatic heterocycles. The van der Waals surface area contributed by atoms with Crippen molar-refractivity contribution >= 4 is 44.6 Å². The van der Waals surface area contributed by atoms with Crippen molar-refractivity contribution in [3.63, 3.8) is 0 Å². The molecule has 0 saturated heterocycles. The van der Waals surface area contributed by atoms with E-state index >= 15 is 0 Å². The van der Waals surface area contributed by atoms with E-state index in [2.05, 4.69) is 28.6 Å². The van der Waals surface area contributed by atoms with E-state index in [1.54, 1.807) is 41.8 Å². The van der Waals surface area contributed by atoms with Crippen LogP contribution < -0.4 is 15.7 Å². The van der Waals surface area contributed by atoms with E-state index in [4.69, 9.17) is 0 Å².